The number of primary amides is 1. The molecule has 0 unspecified atom stereocenters. The fourth-order valence-corrected chi connectivity index (χ4v) is 2.52. The van der Waals surface area contributed by atoms with Crippen LogP contribution in [0.4, 0.5) is 5.69 Å². The maximum atomic E-state index is 10.9. The molecule has 0 spiro atoms. The van der Waals surface area contributed by atoms with Gasteiger partial charge in [0.25, 0.3) is 0 Å². The molecule has 0 bridgehead atoms. The number of amides is 1. The summed E-state index contributed by atoms with van der Waals surface area (Å²) in [6.45, 7) is 7.37. The van der Waals surface area contributed by atoms with Crippen molar-refractivity contribution in [3.63, 3.8) is 0 Å². The average molecular weight is 247 g/mol. The summed E-state index contributed by atoms with van der Waals surface area (Å²) in [4.78, 5) is 15.4. The van der Waals surface area contributed by atoms with Gasteiger partial charge in [-0.05, 0) is 26.0 Å². The van der Waals surface area contributed by atoms with E-state index in [4.69, 9.17) is 5.73 Å². The molecule has 4 heteroatoms. The fraction of sp³-hybridized carbons (Fsp3) is 0.500. The lowest BCUT2D eigenvalue weighted by atomic mass is 10.1. The van der Waals surface area contributed by atoms with Crippen LogP contribution in [0.3, 0.4) is 0 Å². The molecule has 4 nitrogen and oxygen atoms in total. The molecule has 1 aliphatic rings. The lowest BCUT2D eigenvalue weighted by Crippen LogP contribution is -2.53. The van der Waals surface area contributed by atoms with Gasteiger partial charge in [0, 0.05) is 31.4 Å². The molecule has 18 heavy (non-hydrogen) atoms. The summed E-state index contributed by atoms with van der Waals surface area (Å²) in [6, 6.07) is 9.00. The van der Waals surface area contributed by atoms with Gasteiger partial charge in [-0.1, -0.05) is 17.7 Å². The van der Waals surface area contributed by atoms with Crippen LogP contribution in [0.1, 0.15) is 12.5 Å². The topological polar surface area (TPSA) is 49.6 Å². The maximum Gasteiger partial charge on any atom is 0.231 e. The Bertz CT molecular complexity index is 416. The van der Waals surface area contributed by atoms with E-state index in [1.807, 2.05) is 0 Å². The van der Waals surface area contributed by atoms with Gasteiger partial charge in [-0.25, -0.2) is 0 Å². The SMILES string of the molecule is Cc1ccc(N2CCN(CC(N)=O)C[C@@H]2C)cc1. The summed E-state index contributed by atoms with van der Waals surface area (Å²) >= 11 is 0. The molecule has 0 radical (unpaired) electrons. The lowest BCUT2D eigenvalue weighted by molar-refractivity contribution is -0.119. The second kappa shape index (κ2) is 5.40. The summed E-state index contributed by atoms with van der Waals surface area (Å²) < 4.78 is 0. The number of rotatable bonds is 3. The van der Waals surface area contributed by atoms with Crippen LogP contribution >= 0.6 is 0 Å². The zero-order chi connectivity index (χ0) is 13.1. The molecule has 1 amide bonds. The number of carbonyl (C=O) groups is 1. The normalized spacial score (nSPS) is 21.0. The van der Waals surface area contributed by atoms with E-state index in [0.717, 1.165) is 19.6 Å². The van der Waals surface area contributed by atoms with E-state index in [2.05, 4.69) is 47.9 Å². The zero-order valence-electron chi connectivity index (χ0n) is 11.1. The van der Waals surface area contributed by atoms with Crippen molar-refractivity contribution in [3.05, 3.63) is 29.8 Å². The Morgan fingerprint density at radius 1 is 1.33 bits per heavy atom. The molecule has 1 heterocycles. The number of aryl methyl sites for hydroxylation is 1. The van der Waals surface area contributed by atoms with E-state index in [0.29, 0.717) is 12.6 Å². The van der Waals surface area contributed by atoms with Gasteiger partial charge in [-0.15, -0.1) is 0 Å². The first kappa shape index (κ1) is 12.9. The number of nitrogens with two attached hydrogens (primary N) is 1. The van der Waals surface area contributed by atoms with Crippen LogP contribution in [-0.2, 0) is 4.79 Å². The van der Waals surface area contributed by atoms with E-state index in [1.54, 1.807) is 0 Å². The summed E-state index contributed by atoms with van der Waals surface area (Å²) in [5.41, 5.74) is 7.77. The molecule has 1 atom stereocenters. The monoisotopic (exact) mass is 247 g/mol. The summed E-state index contributed by atoms with van der Waals surface area (Å²) in [7, 11) is 0. The number of benzene rings is 1. The van der Waals surface area contributed by atoms with Crippen molar-refractivity contribution in [3.8, 4) is 0 Å². The highest BCUT2D eigenvalue weighted by Gasteiger charge is 2.24. The molecule has 0 saturated carbocycles. The first-order chi connectivity index (χ1) is 8.56. The molecular weight excluding hydrogens is 226 g/mol. The van der Waals surface area contributed by atoms with Crippen molar-refractivity contribution in [1.82, 2.24) is 4.90 Å². The van der Waals surface area contributed by atoms with Crippen LogP contribution in [0.5, 0.6) is 0 Å². The summed E-state index contributed by atoms with van der Waals surface area (Å²) in [5.74, 6) is -0.244. The van der Waals surface area contributed by atoms with E-state index in [9.17, 15) is 4.79 Å². The number of hydrogen-bond acceptors (Lipinski definition) is 3. The minimum absolute atomic E-state index is 0.244. The molecule has 1 aromatic carbocycles. The van der Waals surface area contributed by atoms with E-state index in [-0.39, 0.29) is 5.91 Å². The lowest BCUT2D eigenvalue weighted by Gasteiger charge is -2.40. The third kappa shape index (κ3) is 3.01. The van der Waals surface area contributed by atoms with Crippen LogP contribution in [0, 0.1) is 6.92 Å². The van der Waals surface area contributed by atoms with Crippen molar-refractivity contribution < 1.29 is 4.79 Å². The second-order valence-electron chi connectivity index (χ2n) is 5.08. The Kier molecular flexibility index (Phi) is 3.87. The van der Waals surface area contributed by atoms with Gasteiger partial charge in [0.05, 0.1) is 6.54 Å². The largest absolute Gasteiger partial charge is 0.369 e. The first-order valence-electron chi connectivity index (χ1n) is 6.40. The predicted octanol–water partition coefficient (Wildman–Crippen LogP) is 0.991. The molecule has 0 aromatic heterocycles. The van der Waals surface area contributed by atoms with Gasteiger partial charge >= 0.3 is 0 Å². The Morgan fingerprint density at radius 2 is 2.00 bits per heavy atom. The van der Waals surface area contributed by atoms with E-state index >= 15 is 0 Å². The van der Waals surface area contributed by atoms with Gasteiger partial charge in [0.1, 0.15) is 0 Å². The number of anilines is 1. The highest BCUT2D eigenvalue weighted by atomic mass is 16.1. The Hall–Kier alpha value is -1.55. The first-order valence-corrected chi connectivity index (χ1v) is 6.40. The number of piperazine rings is 1. The van der Waals surface area contributed by atoms with Crippen molar-refractivity contribution >= 4 is 11.6 Å². The second-order valence-corrected chi connectivity index (χ2v) is 5.08. The molecule has 1 fully saturated rings. The molecule has 1 saturated heterocycles. The van der Waals surface area contributed by atoms with Crippen LogP contribution in [0.2, 0.25) is 0 Å². The Balaban J connectivity index is 2.01. The molecule has 2 N–H and O–H groups in total. The Labute approximate surface area is 108 Å². The predicted molar refractivity (Wildman–Crippen MR) is 73.6 cm³/mol. The summed E-state index contributed by atoms with van der Waals surface area (Å²) in [6.07, 6.45) is 0. The third-order valence-electron chi connectivity index (χ3n) is 3.46. The smallest absolute Gasteiger partial charge is 0.231 e. The van der Waals surface area contributed by atoms with Gasteiger partial charge < -0.3 is 10.6 Å². The fourth-order valence-electron chi connectivity index (χ4n) is 2.52. The van der Waals surface area contributed by atoms with Gasteiger partial charge in [0.15, 0.2) is 0 Å². The molecule has 0 aliphatic carbocycles. The number of carbonyl (C=O) groups excluding carboxylic acids is 1. The van der Waals surface area contributed by atoms with Gasteiger partial charge in [-0.3, -0.25) is 9.69 Å². The van der Waals surface area contributed by atoms with Crippen LogP contribution in [0.15, 0.2) is 24.3 Å². The van der Waals surface area contributed by atoms with Gasteiger partial charge in [0.2, 0.25) is 5.91 Å². The van der Waals surface area contributed by atoms with E-state index in [1.165, 1.54) is 11.3 Å². The number of hydrogen-bond donors (Lipinski definition) is 1. The average Bonchev–Trinajstić information content (AvgIpc) is 2.30. The molecular formula is C14H21N3O. The Morgan fingerprint density at radius 3 is 2.56 bits per heavy atom. The van der Waals surface area contributed by atoms with Crippen LogP contribution in [-0.4, -0.2) is 43.0 Å². The highest BCUT2D eigenvalue weighted by Crippen LogP contribution is 2.20. The zero-order valence-corrected chi connectivity index (χ0v) is 11.1. The molecule has 98 valence electrons. The molecule has 1 aromatic rings. The van der Waals surface area contributed by atoms with Gasteiger partial charge in [-0.2, -0.15) is 0 Å². The third-order valence-corrected chi connectivity index (χ3v) is 3.46. The van der Waals surface area contributed by atoms with Crippen molar-refractivity contribution in [2.75, 3.05) is 31.1 Å². The van der Waals surface area contributed by atoms with Crippen molar-refractivity contribution in [2.45, 2.75) is 19.9 Å². The minimum Gasteiger partial charge on any atom is -0.369 e. The van der Waals surface area contributed by atoms with Crippen molar-refractivity contribution in [1.29, 1.82) is 0 Å². The van der Waals surface area contributed by atoms with Crippen LogP contribution < -0.4 is 10.6 Å². The summed E-state index contributed by atoms with van der Waals surface area (Å²) in [5, 5.41) is 0. The molecule has 2 rings (SSSR count). The minimum atomic E-state index is -0.244. The standard InChI is InChI=1S/C14H21N3O/c1-11-3-5-13(6-4-11)17-8-7-16(9-12(17)2)10-14(15)18/h3-6,12H,7-10H2,1-2H3,(H2,15,18)/t12-/m0/s1. The van der Waals surface area contributed by atoms with Crippen molar-refractivity contribution in [2.24, 2.45) is 5.73 Å². The van der Waals surface area contributed by atoms with E-state index < -0.39 is 0 Å². The van der Waals surface area contributed by atoms with Crippen LogP contribution in [0.25, 0.3) is 0 Å². The number of nitrogens with zero attached hydrogens (tertiary/aromatic N) is 2. The quantitative estimate of drug-likeness (QED) is 0.866. The highest BCUT2D eigenvalue weighted by molar-refractivity contribution is 5.76. The molecule has 1 aliphatic heterocycles. The maximum absolute atomic E-state index is 10.9.